The molecule has 0 aliphatic carbocycles. The lowest BCUT2D eigenvalue weighted by molar-refractivity contribution is 0.0954. The van der Waals surface area contributed by atoms with Crippen molar-refractivity contribution in [3.05, 3.63) is 70.0 Å². The van der Waals surface area contributed by atoms with Gasteiger partial charge in [-0.3, -0.25) is 4.79 Å². The summed E-state index contributed by atoms with van der Waals surface area (Å²) in [5.41, 5.74) is 2.52. The van der Waals surface area contributed by atoms with Crippen LogP contribution in [0.2, 0.25) is 5.02 Å². The van der Waals surface area contributed by atoms with Gasteiger partial charge in [0.05, 0.1) is 10.6 Å². The van der Waals surface area contributed by atoms with Crippen LogP contribution < -0.4 is 5.32 Å². The summed E-state index contributed by atoms with van der Waals surface area (Å²) in [6, 6.07) is 11.8. The lowest BCUT2D eigenvalue weighted by Crippen LogP contribution is -2.26. The van der Waals surface area contributed by atoms with Crippen molar-refractivity contribution in [1.82, 2.24) is 5.32 Å². The SMILES string of the molecule is CC(C)(C)c1ccc(C(=O)NCCc2ccc(F)cc2)c(Cl)c1. The van der Waals surface area contributed by atoms with Crippen molar-refractivity contribution in [2.75, 3.05) is 6.54 Å². The third-order valence-electron chi connectivity index (χ3n) is 3.69. The van der Waals surface area contributed by atoms with Gasteiger partial charge >= 0.3 is 0 Å². The summed E-state index contributed by atoms with van der Waals surface area (Å²) < 4.78 is 12.8. The van der Waals surface area contributed by atoms with Crippen molar-refractivity contribution < 1.29 is 9.18 Å². The molecule has 0 aliphatic rings. The Morgan fingerprint density at radius 1 is 1.13 bits per heavy atom. The molecular formula is C19H21ClFNO. The van der Waals surface area contributed by atoms with Crippen LogP contribution in [0.3, 0.4) is 0 Å². The van der Waals surface area contributed by atoms with E-state index < -0.39 is 0 Å². The number of amides is 1. The minimum atomic E-state index is -0.261. The summed E-state index contributed by atoms with van der Waals surface area (Å²) in [5, 5.41) is 3.30. The third-order valence-corrected chi connectivity index (χ3v) is 4.00. The topological polar surface area (TPSA) is 29.1 Å². The predicted octanol–water partition coefficient (Wildman–Crippen LogP) is 4.75. The van der Waals surface area contributed by atoms with Crippen LogP contribution in [0.15, 0.2) is 42.5 Å². The Balaban J connectivity index is 1.97. The Labute approximate surface area is 141 Å². The van der Waals surface area contributed by atoms with Gasteiger partial charge < -0.3 is 5.32 Å². The number of halogens is 2. The van der Waals surface area contributed by atoms with E-state index in [0.717, 1.165) is 11.1 Å². The van der Waals surface area contributed by atoms with Gasteiger partial charge in [0.15, 0.2) is 0 Å². The van der Waals surface area contributed by atoms with Crippen LogP contribution in [-0.4, -0.2) is 12.5 Å². The molecule has 0 spiro atoms. The van der Waals surface area contributed by atoms with E-state index in [4.69, 9.17) is 11.6 Å². The molecule has 0 heterocycles. The molecule has 2 aromatic rings. The molecule has 0 aromatic heterocycles. The first-order valence-corrected chi connectivity index (χ1v) is 7.98. The van der Waals surface area contributed by atoms with Crippen molar-refractivity contribution in [2.45, 2.75) is 32.6 Å². The standard InChI is InChI=1S/C19H21ClFNO/c1-19(2,3)14-6-9-16(17(20)12-14)18(23)22-11-10-13-4-7-15(21)8-5-13/h4-9,12H,10-11H2,1-3H3,(H,22,23). The number of benzene rings is 2. The number of carbonyl (C=O) groups is 1. The molecule has 0 bridgehead atoms. The molecule has 0 fully saturated rings. The molecule has 1 N–H and O–H groups in total. The van der Waals surface area contributed by atoms with Crippen LogP contribution in [0.5, 0.6) is 0 Å². The molecule has 0 saturated heterocycles. The van der Waals surface area contributed by atoms with E-state index in [1.54, 1.807) is 18.2 Å². The number of nitrogens with one attached hydrogen (secondary N) is 1. The van der Waals surface area contributed by atoms with Gasteiger partial charge in [-0.2, -0.15) is 0 Å². The summed E-state index contributed by atoms with van der Waals surface area (Å²) in [7, 11) is 0. The first-order chi connectivity index (χ1) is 10.8. The number of rotatable bonds is 4. The molecule has 23 heavy (non-hydrogen) atoms. The minimum Gasteiger partial charge on any atom is -0.352 e. The Hall–Kier alpha value is -1.87. The highest BCUT2D eigenvalue weighted by Gasteiger charge is 2.17. The van der Waals surface area contributed by atoms with Gasteiger partial charge in [0, 0.05) is 6.54 Å². The Morgan fingerprint density at radius 2 is 1.78 bits per heavy atom. The summed E-state index contributed by atoms with van der Waals surface area (Å²) in [5.74, 6) is -0.457. The zero-order valence-corrected chi connectivity index (χ0v) is 14.4. The molecule has 4 heteroatoms. The van der Waals surface area contributed by atoms with Crippen LogP contribution >= 0.6 is 11.6 Å². The zero-order valence-electron chi connectivity index (χ0n) is 13.6. The minimum absolute atomic E-state index is 0.0127. The Kier molecular flexibility index (Phi) is 5.42. The second-order valence-corrected chi connectivity index (χ2v) is 6.98. The van der Waals surface area contributed by atoms with E-state index >= 15 is 0 Å². The van der Waals surface area contributed by atoms with Crippen molar-refractivity contribution in [2.24, 2.45) is 0 Å². The van der Waals surface area contributed by atoms with Crippen molar-refractivity contribution >= 4 is 17.5 Å². The molecule has 122 valence electrons. The molecule has 0 radical (unpaired) electrons. The lowest BCUT2D eigenvalue weighted by atomic mass is 9.86. The van der Waals surface area contributed by atoms with Crippen LogP contribution in [0.1, 0.15) is 42.3 Å². The van der Waals surface area contributed by atoms with Crippen LogP contribution in [0.25, 0.3) is 0 Å². The van der Waals surface area contributed by atoms with E-state index in [-0.39, 0.29) is 17.1 Å². The highest BCUT2D eigenvalue weighted by Crippen LogP contribution is 2.27. The molecule has 0 unspecified atom stereocenters. The molecule has 2 nitrogen and oxygen atoms in total. The molecular weight excluding hydrogens is 313 g/mol. The monoisotopic (exact) mass is 333 g/mol. The maximum atomic E-state index is 12.8. The lowest BCUT2D eigenvalue weighted by Gasteiger charge is -2.20. The fraction of sp³-hybridized carbons (Fsp3) is 0.316. The number of hydrogen-bond donors (Lipinski definition) is 1. The number of hydrogen-bond acceptors (Lipinski definition) is 1. The Bertz CT molecular complexity index is 690. The third kappa shape index (κ3) is 4.80. The second kappa shape index (κ2) is 7.14. The fourth-order valence-electron chi connectivity index (χ4n) is 2.23. The van der Waals surface area contributed by atoms with Gasteiger partial charge in [0.25, 0.3) is 5.91 Å². The largest absolute Gasteiger partial charge is 0.352 e. The second-order valence-electron chi connectivity index (χ2n) is 6.58. The van der Waals surface area contributed by atoms with Gasteiger partial charge in [0.1, 0.15) is 5.82 Å². The van der Waals surface area contributed by atoms with Crippen LogP contribution in [-0.2, 0) is 11.8 Å². The normalized spacial score (nSPS) is 11.3. The van der Waals surface area contributed by atoms with Crippen molar-refractivity contribution in [3.63, 3.8) is 0 Å². The van der Waals surface area contributed by atoms with Crippen molar-refractivity contribution in [3.8, 4) is 0 Å². The zero-order chi connectivity index (χ0) is 17.0. The van der Waals surface area contributed by atoms with E-state index in [1.807, 2.05) is 12.1 Å². The molecule has 0 atom stereocenters. The van der Waals surface area contributed by atoms with Gasteiger partial charge in [-0.15, -0.1) is 0 Å². The quantitative estimate of drug-likeness (QED) is 0.859. The highest BCUT2D eigenvalue weighted by molar-refractivity contribution is 6.33. The molecule has 2 rings (SSSR count). The Morgan fingerprint density at radius 3 is 2.35 bits per heavy atom. The van der Waals surface area contributed by atoms with Crippen LogP contribution in [0, 0.1) is 5.82 Å². The average Bonchev–Trinajstić information content (AvgIpc) is 2.48. The van der Waals surface area contributed by atoms with E-state index in [1.165, 1.54) is 12.1 Å². The maximum absolute atomic E-state index is 12.8. The van der Waals surface area contributed by atoms with E-state index in [2.05, 4.69) is 26.1 Å². The highest BCUT2D eigenvalue weighted by atomic mass is 35.5. The predicted molar refractivity (Wildman–Crippen MR) is 92.6 cm³/mol. The van der Waals surface area contributed by atoms with Gasteiger partial charge in [0.2, 0.25) is 0 Å². The summed E-state index contributed by atoms with van der Waals surface area (Å²) in [6.45, 7) is 6.77. The first kappa shape index (κ1) is 17.5. The molecule has 1 amide bonds. The van der Waals surface area contributed by atoms with Crippen LogP contribution in [0.4, 0.5) is 4.39 Å². The van der Waals surface area contributed by atoms with Gasteiger partial charge in [-0.1, -0.05) is 50.6 Å². The maximum Gasteiger partial charge on any atom is 0.252 e. The smallest absolute Gasteiger partial charge is 0.252 e. The van der Waals surface area contributed by atoms with E-state index in [9.17, 15) is 9.18 Å². The average molecular weight is 334 g/mol. The van der Waals surface area contributed by atoms with Gasteiger partial charge in [-0.25, -0.2) is 4.39 Å². The molecule has 2 aromatic carbocycles. The fourth-order valence-corrected chi connectivity index (χ4v) is 2.50. The van der Waals surface area contributed by atoms with E-state index in [0.29, 0.717) is 23.6 Å². The summed E-state index contributed by atoms with van der Waals surface area (Å²) in [4.78, 5) is 12.2. The molecule has 0 saturated carbocycles. The van der Waals surface area contributed by atoms with Gasteiger partial charge in [-0.05, 0) is 47.2 Å². The summed E-state index contributed by atoms with van der Waals surface area (Å²) >= 11 is 6.24. The first-order valence-electron chi connectivity index (χ1n) is 7.60. The molecule has 0 aliphatic heterocycles. The number of carbonyl (C=O) groups excluding carboxylic acids is 1. The summed E-state index contributed by atoms with van der Waals surface area (Å²) in [6.07, 6.45) is 0.643. The van der Waals surface area contributed by atoms with Crippen molar-refractivity contribution in [1.29, 1.82) is 0 Å².